The highest BCUT2D eigenvalue weighted by Gasteiger charge is 2.33. The molecule has 4 nitrogen and oxygen atoms in total. The molecule has 1 heterocycles. The van der Waals surface area contributed by atoms with E-state index in [-0.39, 0.29) is 6.00 Å². The molecule has 0 aromatic rings. The standard InChI is InChI=1S/C6H8BNO.C3H8O2/c1-6(4-8)3-2-5(7)9-6;1-3(2,4)5/h5H,2-3H2,1H3;4-5H,1-2H3. The van der Waals surface area contributed by atoms with Gasteiger partial charge in [0.25, 0.3) is 0 Å². The Labute approximate surface area is 85.9 Å². The highest BCUT2D eigenvalue weighted by molar-refractivity contribution is 6.11. The minimum atomic E-state index is -1.50. The van der Waals surface area contributed by atoms with E-state index in [1.165, 1.54) is 13.8 Å². The van der Waals surface area contributed by atoms with Gasteiger partial charge in [-0.3, -0.25) is 0 Å². The van der Waals surface area contributed by atoms with Crippen LogP contribution in [0.1, 0.15) is 33.6 Å². The van der Waals surface area contributed by atoms with Crippen molar-refractivity contribution < 1.29 is 14.9 Å². The van der Waals surface area contributed by atoms with Crippen molar-refractivity contribution in [3.63, 3.8) is 0 Å². The summed E-state index contributed by atoms with van der Waals surface area (Å²) in [5.41, 5.74) is -0.612. The summed E-state index contributed by atoms with van der Waals surface area (Å²) in [5, 5.41) is 24.7. The molecule has 1 aliphatic rings. The molecular formula is C9H16BNO3. The number of rotatable bonds is 0. The van der Waals surface area contributed by atoms with Gasteiger partial charge in [-0.05, 0) is 33.6 Å². The lowest BCUT2D eigenvalue weighted by Crippen LogP contribution is -2.22. The molecule has 5 heteroatoms. The monoisotopic (exact) mass is 197 g/mol. The number of nitrogens with zero attached hydrogens (tertiary/aromatic N) is 1. The van der Waals surface area contributed by atoms with Gasteiger partial charge in [0.2, 0.25) is 0 Å². The third-order valence-electron chi connectivity index (χ3n) is 1.55. The lowest BCUT2D eigenvalue weighted by atomic mass is 9.96. The van der Waals surface area contributed by atoms with Gasteiger partial charge in [0, 0.05) is 6.00 Å². The van der Waals surface area contributed by atoms with Gasteiger partial charge in [-0.2, -0.15) is 5.26 Å². The summed E-state index contributed by atoms with van der Waals surface area (Å²) in [6.45, 7) is 4.36. The van der Waals surface area contributed by atoms with Crippen LogP contribution in [0.15, 0.2) is 0 Å². The van der Waals surface area contributed by atoms with Crippen LogP contribution in [0.4, 0.5) is 0 Å². The Morgan fingerprint density at radius 1 is 1.57 bits per heavy atom. The molecule has 2 atom stereocenters. The molecule has 0 saturated carbocycles. The van der Waals surface area contributed by atoms with Gasteiger partial charge in [-0.1, -0.05) is 0 Å². The van der Waals surface area contributed by atoms with Crippen molar-refractivity contribution in [1.29, 1.82) is 5.26 Å². The topological polar surface area (TPSA) is 73.5 Å². The van der Waals surface area contributed by atoms with Crippen LogP contribution in [0.3, 0.4) is 0 Å². The van der Waals surface area contributed by atoms with Crippen molar-refractivity contribution >= 4 is 7.85 Å². The molecule has 0 amide bonds. The van der Waals surface area contributed by atoms with Gasteiger partial charge in [0.15, 0.2) is 11.4 Å². The van der Waals surface area contributed by atoms with E-state index in [0.717, 1.165) is 12.8 Å². The van der Waals surface area contributed by atoms with E-state index in [0.29, 0.717) is 0 Å². The summed E-state index contributed by atoms with van der Waals surface area (Å²) in [6, 6.07) is 1.84. The molecule has 2 unspecified atom stereocenters. The lowest BCUT2D eigenvalue weighted by molar-refractivity contribution is -0.127. The molecule has 0 bridgehead atoms. The van der Waals surface area contributed by atoms with Crippen LogP contribution >= 0.6 is 0 Å². The number of hydrogen-bond donors (Lipinski definition) is 2. The molecule has 0 aliphatic carbocycles. The van der Waals surface area contributed by atoms with Crippen molar-refractivity contribution in [3.8, 4) is 6.07 Å². The van der Waals surface area contributed by atoms with Crippen LogP contribution in [0, 0.1) is 11.3 Å². The van der Waals surface area contributed by atoms with Gasteiger partial charge in [-0.15, -0.1) is 0 Å². The third-order valence-corrected chi connectivity index (χ3v) is 1.55. The maximum Gasteiger partial charge on any atom is 0.156 e. The highest BCUT2D eigenvalue weighted by Crippen LogP contribution is 2.27. The van der Waals surface area contributed by atoms with E-state index >= 15 is 0 Å². The summed E-state index contributed by atoms with van der Waals surface area (Å²) in [6.07, 6.45) is 1.55. The van der Waals surface area contributed by atoms with E-state index in [4.69, 9.17) is 28.1 Å². The zero-order valence-electron chi connectivity index (χ0n) is 8.82. The van der Waals surface area contributed by atoms with Gasteiger partial charge in [-0.25, -0.2) is 0 Å². The number of ether oxygens (including phenoxy) is 1. The van der Waals surface area contributed by atoms with Crippen LogP contribution in [-0.2, 0) is 4.74 Å². The van der Waals surface area contributed by atoms with Crippen LogP contribution in [0.2, 0.25) is 0 Å². The first kappa shape index (κ1) is 13.4. The SMILES string of the molecule is CC(C)(O)O.[B]C1CCC(C)(C#N)O1. The molecular weight excluding hydrogens is 181 g/mol. The Balaban J connectivity index is 0.000000292. The smallest absolute Gasteiger partial charge is 0.156 e. The van der Waals surface area contributed by atoms with Crippen molar-refractivity contribution in [2.75, 3.05) is 0 Å². The normalized spacial score (nSPS) is 31.6. The van der Waals surface area contributed by atoms with E-state index in [2.05, 4.69) is 6.07 Å². The minimum Gasteiger partial charge on any atom is -0.367 e. The Kier molecular flexibility index (Phi) is 4.59. The Morgan fingerprint density at radius 3 is 2.14 bits per heavy atom. The molecule has 78 valence electrons. The number of nitriles is 1. The molecule has 2 N–H and O–H groups in total. The van der Waals surface area contributed by atoms with Crippen molar-refractivity contribution in [3.05, 3.63) is 0 Å². The molecule has 0 aromatic heterocycles. The van der Waals surface area contributed by atoms with Gasteiger partial charge < -0.3 is 14.9 Å². The predicted octanol–water partition coefficient (Wildman–Crippen LogP) is 0.281. The molecule has 1 rings (SSSR count). The fourth-order valence-corrected chi connectivity index (χ4v) is 0.952. The fraction of sp³-hybridized carbons (Fsp3) is 0.889. The first-order chi connectivity index (χ1) is 6.16. The second-order valence-corrected chi connectivity index (χ2v) is 4.03. The lowest BCUT2D eigenvalue weighted by Gasteiger charge is -2.13. The van der Waals surface area contributed by atoms with Crippen LogP contribution in [0.25, 0.3) is 0 Å². The molecule has 0 aromatic carbocycles. The summed E-state index contributed by atoms with van der Waals surface area (Å²) in [4.78, 5) is 0. The fourth-order valence-electron chi connectivity index (χ4n) is 0.952. The predicted molar refractivity (Wildman–Crippen MR) is 52.4 cm³/mol. The number of hydrogen-bond acceptors (Lipinski definition) is 4. The summed E-state index contributed by atoms with van der Waals surface area (Å²) in [5.74, 6) is -1.50. The van der Waals surface area contributed by atoms with Gasteiger partial charge >= 0.3 is 0 Å². The van der Waals surface area contributed by atoms with E-state index in [9.17, 15) is 0 Å². The van der Waals surface area contributed by atoms with E-state index < -0.39 is 11.4 Å². The third kappa shape index (κ3) is 6.90. The first-order valence-corrected chi connectivity index (χ1v) is 4.46. The zero-order chi connectivity index (χ0) is 11.4. The largest absolute Gasteiger partial charge is 0.367 e. The van der Waals surface area contributed by atoms with Crippen LogP contribution in [0.5, 0.6) is 0 Å². The Bertz CT molecular complexity index is 215. The van der Waals surface area contributed by atoms with Crippen LogP contribution < -0.4 is 0 Å². The summed E-state index contributed by atoms with van der Waals surface area (Å²) >= 11 is 0. The zero-order valence-corrected chi connectivity index (χ0v) is 8.82. The molecule has 1 saturated heterocycles. The van der Waals surface area contributed by atoms with Gasteiger partial charge in [0.1, 0.15) is 7.85 Å². The highest BCUT2D eigenvalue weighted by atomic mass is 16.5. The number of aliphatic hydroxyl groups is 2. The van der Waals surface area contributed by atoms with Crippen molar-refractivity contribution in [1.82, 2.24) is 0 Å². The average Bonchev–Trinajstić information content (AvgIpc) is 2.29. The molecule has 1 aliphatic heterocycles. The second-order valence-electron chi connectivity index (χ2n) is 4.03. The minimum absolute atomic E-state index is 0.227. The molecule has 14 heavy (non-hydrogen) atoms. The first-order valence-electron chi connectivity index (χ1n) is 4.46. The van der Waals surface area contributed by atoms with Crippen LogP contribution in [-0.4, -0.2) is 35.5 Å². The average molecular weight is 197 g/mol. The maximum absolute atomic E-state index is 8.51. The molecule has 2 radical (unpaired) electrons. The van der Waals surface area contributed by atoms with Gasteiger partial charge in [0.05, 0.1) is 6.07 Å². The summed E-state index contributed by atoms with van der Waals surface area (Å²) < 4.78 is 5.11. The Hall–Kier alpha value is -0.565. The maximum atomic E-state index is 8.51. The van der Waals surface area contributed by atoms with E-state index in [1.54, 1.807) is 6.92 Å². The van der Waals surface area contributed by atoms with E-state index in [1.807, 2.05) is 0 Å². The second kappa shape index (κ2) is 4.78. The Morgan fingerprint density at radius 2 is 2.00 bits per heavy atom. The van der Waals surface area contributed by atoms with Crippen molar-refractivity contribution in [2.45, 2.75) is 51.0 Å². The molecule has 1 fully saturated rings. The molecule has 0 spiro atoms. The quantitative estimate of drug-likeness (QED) is 0.432. The summed E-state index contributed by atoms with van der Waals surface area (Å²) in [7, 11) is 5.41. The van der Waals surface area contributed by atoms with Crippen molar-refractivity contribution in [2.24, 2.45) is 0 Å².